The lowest BCUT2D eigenvalue weighted by molar-refractivity contribution is -0.00969. The third kappa shape index (κ3) is 4.26. The van der Waals surface area contributed by atoms with Gasteiger partial charge in [-0.05, 0) is 13.8 Å². The van der Waals surface area contributed by atoms with E-state index in [4.69, 9.17) is 4.74 Å². The van der Waals surface area contributed by atoms with E-state index < -0.39 is 0 Å². The molecule has 0 saturated heterocycles. The summed E-state index contributed by atoms with van der Waals surface area (Å²) < 4.78 is 5.06. The van der Waals surface area contributed by atoms with Gasteiger partial charge in [-0.25, -0.2) is 0 Å². The molecule has 0 amide bonds. The average Bonchev–Trinajstić information content (AvgIpc) is 1.89. The van der Waals surface area contributed by atoms with Crippen LogP contribution in [0.5, 0.6) is 0 Å². The normalized spacial score (nSPS) is 11.1. The third-order valence-electron chi connectivity index (χ3n) is 1.40. The van der Waals surface area contributed by atoms with Crippen molar-refractivity contribution < 1.29 is 9.57 Å². The van der Waals surface area contributed by atoms with Crippen LogP contribution >= 0.6 is 0 Å². The Kier molecular flexibility index (Phi) is 3.95. The van der Waals surface area contributed by atoms with Crippen LogP contribution in [-0.2, 0) is 9.57 Å². The molecule has 0 aliphatic carbocycles. The second-order valence-electron chi connectivity index (χ2n) is 2.62. The average molecular weight is 147 g/mol. The first-order chi connectivity index (χ1) is 4.62. The summed E-state index contributed by atoms with van der Waals surface area (Å²) in [5, 5.41) is 2.27. The Labute approximate surface area is 60.4 Å². The zero-order valence-electron chi connectivity index (χ0n) is 6.59. The molecule has 0 aromatic heterocycles. The largest absolute Gasteiger partial charge is 0.379 e. The SMILES string of the molecule is COC(C)(C)CCON=O. The van der Waals surface area contributed by atoms with Crippen LogP contribution in [0.1, 0.15) is 20.3 Å². The van der Waals surface area contributed by atoms with E-state index in [0.717, 1.165) is 0 Å². The summed E-state index contributed by atoms with van der Waals surface area (Å²) in [6.07, 6.45) is 0.662. The Bertz CT molecular complexity index is 103. The Hall–Kier alpha value is -0.640. The van der Waals surface area contributed by atoms with Gasteiger partial charge in [0.2, 0.25) is 0 Å². The van der Waals surface area contributed by atoms with Gasteiger partial charge in [0, 0.05) is 13.5 Å². The van der Waals surface area contributed by atoms with Crippen molar-refractivity contribution in [1.82, 2.24) is 0 Å². The minimum absolute atomic E-state index is 0.231. The van der Waals surface area contributed by atoms with Gasteiger partial charge >= 0.3 is 0 Å². The summed E-state index contributed by atoms with van der Waals surface area (Å²) in [6, 6.07) is 0. The summed E-state index contributed by atoms with van der Waals surface area (Å²) in [7, 11) is 1.62. The van der Waals surface area contributed by atoms with E-state index >= 15 is 0 Å². The van der Waals surface area contributed by atoms with E-state index in [2.05, 4.69) is 10.2 Å². The molecule has 0 aromatic rings. The number of nitrogens with zero attached hydrogens (tertiary/aromatic N) is 1. The molecule has 4 nitrogen and oxygen atoms in total. The quantitative estimate of drug-likeness (QED) is 0.336. The molecule has 0 radical (unpaired) electrons. The number of methoxy groups -OCH3 is 1. The van der Waals surface area contributed by atoms with Crippen LogP contribution in [0, 0.1) is 4.91 Å². The maximum Gasteiger partial charge on any atom is 0.155 e. The standard InChI is InChI=1S/C6H13NO3/c1-6(2,9-3)4-5-10-7-8/h4-5H2,1-3H3. The van der Waals surface area contributed by atoms with Crippen LogP contribution in [0.25, 0.3) is 0 Å². The molecule has 0 heterocycles. The monoisotopic (exact) mass is 147 g/mol. The first kappa shape index (κ1) is 9.36. The highest BCUT2D eigenvalue weighted by atomic mass is 16.7. The Morgan fingerprint density at radius 3 is 2.50 bits per heavy atom. The van der Waals surface area contributed by atoms with Gasteiger partial charge in [-0.1, -0.05) is 0 Å². The molecule has 0 fully saturated rings. The Morgan fingerprint density at radius 2 is 2.10 bits per heavy atom. The van der Waals surface area contributed by atoms with E-state index in [0.29, 0.717) is 13.0 Å². The van der Waals surface area contributed by atoms with Crippen LogP contribution < -0.4 is 0 Å². The van der Waals surface area contributed by atoms with Crippen LogP contribution in [0.15, 0.2) is 5.34 Å². The van der Waals surface area contributed by atoms with Crippen LogP contribution in [-0.4, -0.2) is 19.3 Å². The smallest absolute Gasteiger partial charge is 0.155 e. The van der Waals surface area contributed by atoms with Crippen molar-refractivity contribution in [1.29, 1.82) is 0 Å². The lowest BCUT2D eigenvalue weighted by atomic mass is 10.1. The summed E-state index contributed by atoms with van der Waals surface area (Å²) in [5.74, 6) is 0. The summed E-state index contributed by atoms with van der Waals surface area (Å²) in [5.41, 5.74) is -0.231. The van der Waals surface area contributed by atoms with Gasteiger partial charge in [-0.15, -0.1) is 4.91 Å². The first-order valence-electron chi connectivity index (χ1n) is 3.12. The lowest BCUT2D eigenvalue weighted by Crippen LogP contribution is -2.23. The molecule has 0 bridgehead atoms. The molecule has 0 rings (SSSR count). The van der Waals surface area contributed by atoms with E-state index in [1.54, 1.807) is 7.11 Å². The van der Waals surface area contributed by atoms with Crippen LogP contribution in [0.4, 0.5) is 0 Å². The number of hydrogen-bond acceptors (Lipinski definition) is 4. The van der Waals surface area contributed by atoms with Crippen molar-refractivity contribution in [3.63, 3.8) is 0 Å². The number of rotatable bonds is 5. The minimum atomic E-state index is -0.231. The maximum absolute atomic E-state index is 9.47. The predicted molar refractivity (Wildman–Crippen MR) is 37.5 cm³/mol. The van der Waals surface area contributed by atoms with E-state index in [9.17, 15) is 4.91 Å². The van der Waals surface area contributed by atoms with Crippen molar-refractivity contribution in [3.05, 3.63) is 4.91 Å². The van der Waals surface area contributed by atoms with Crippen molar-refractivity contribution in [2.45, 2.75) is 25.9 Å². The van der Waals surface area contributed by atoms with Gasteiger partial charge in [0.15, 0.2) is 5.34 Å². The number of hydrogen-bond donors (Lipinski definition) is 0. The zero-order valence-corrected chi connectivity index (χ0v) is 6.59. The van der Waals surface area contributed by atoms with Crippen molar-refractivity contribution in [2.75, 3.05) is 13.7 Å². The molecule has 0 unspecified atom stereocenters. The fourth-order valence-corrected chi connectivity index (χ4v) is 0.431. The summed E-state index contributed by atoms with van der Waals surface area (Å²) >= 11 is 0. The third-order valence-corrected chi connectivity index (χ3v) is 1.40. The number of ether oxygens (including phenoxy) is 1. The van der Waals surface area contributed by atoms with Gasteiger partial charge in [0.1, 0.15) is 6.61 Å². The van der Waals surface area contributed by atoms with Crippen LogP contribution in [0.2, 0.25) is 0 Å². The van der Waals surface area contributed by atoms with Gasteiger partial charge in [-0.3, -0.25) is 0 Å². The molecule has 60 valence electrons. The predicted octanol–water partition coefficient (Wildman–Crippen LogP) is 1.50. The second-order valence-corrected chi connectivity index (χ2v) is 2.62. The fraction of sp³-hybridized carbons (Fsp3) is 1.00. The molecule has 0 spiro atoms. The van der Waals surface area contributed by atoms with Gasteiger partial charge in [0.25, 0.3) is 0 Å². The highest BCUT2D eigenvalue weighted by Crippen LogP contribution is 2.12. The molecule has 0 aromatic carbocycles. The second kappa shape index (κ2) is 4.22. The fourth-order valence-electron chi connectivity index (χ4n) is 0.431. The molecular formula is C6H13NO3. The molecule has 10 heavy (non-hydrogen) atoms. The van der Waals surface area contributed by atoms with E-state index in [-0.39, 0.29) is 5.60 Å². The first-order valence-corrected chi connectivity index (χ1v) is 3.12. The molecule has 0 N–H and O–H groups in total. The Morgan fingerprint density at radius 1 is 1.50 bits per heavy atom. The molecule has 0 saturated carbocycles. The van der Waals surface area contributed by atoms with Crippen molar-refractivity contribution >= 4 is 0 Å². The molecule has 0 aliphatic rings. The maximum atomic E-state index is 9.47. The topological polar surface area (TPSA) is 47.9 Å². The molecular weight excluding hydrogens is 134 g/mol. The highest BCUT2D eigenvalue weighted by Gasteiger charge is 2.15. The summed E-state index contributed by atoms with van der Waals surface area (Å²) in [4.78, 5) is 13.7. The zero-order chi connectivity index (χ0) is 8.04. The van der Waals surface area contributed by atoms with Crippen molar-refractivity contribution in [2.24, 2.45) is 5.34 Å². The van der Waals surface area contributed by atoms with Crippen molar-refractivity contribution in [3.8, 4) is 0 Å². The minimum Gasteiger partial charge on any atom is -0.379 e. The highest BCUT2D eigenvalue weighted by molar-refractivity contribution is 4.66. The molecule has 0 aliphatic heterocycles. The Balaban J connectivity index is 3.36. The lowest BCUT2D eigenvalue weighted by Gasteiger charge is -2.21. The van der Waals surface area contributed by atoms with E-state index in [1.807, 2.05) is 13.8 Å². The van der Waals surface area contributed by atoms with Gasteiger partial charge < -0.3 is 9.57 Å². The van der Waals surface area contributed by atoms with Crippen LogP contribution in [0.3, 0.4) is 0 Å². The van der Waals surface area contributed by atoms with E-state index in [1.165, 1.54) is 0 Å². The molecule has 0 atom stereocenters. The molecule has 4 heteroatoms. The summed E-state index contributed by atoms with van der Waals surface area (Å²) in [6.45, 7) is 4.15. The van der Waals surface area contributed by atoms with Gasteiger partial charge in [0.05, 0.1) is 5.60 Å². The van der Waals surface area contributed by atoms with Gasteiger partial charge in [-0.2, -0.15) is 0 Å².